The van der Waals surface area contributed by atoms with Crippen LogP contribution in [0, 0.1) is 18.7 Å². The molecule has 7 heteroatoms. The number of rotatable bonds is 4. The van der Waals surface area contributed by atoms with Crippen molar-refractivity contribution < 1.29 is 9.18 Å². The number of hydrogen-bond donors (Lipinski definition) is 1. The van der Waals surface area contributed by atoms with E-state index >= 15 is 0 Å². The zero-order chi connectivity index (χ0) is 19.7. The average Bonchev–Trinajstić information content (AvgIpc) is 3.32. The van der Waals surface area contributed by atoms with Gasteiger partial charge in [0.05, 0.1) is 12.4 Å². The first-order valence-corrected chi connectivity index (χ1v) is 9.40. The van der Waals surface area contributed by atoms with Gasteiger partial charge in [-0.2, -0.15) is 5.10 Å². The molecule has 1 aromatic carbocycles. The van der Waals surface area contributed by atoms with E-state index in [-0.39, 0.29) is 17.7 Å². The monoisotopic (exact) mass is 379 g/mol. The second-order valence-electron chi connectivity index (χ2n) is 7.27. The van der Waals surface area contributed by atoms with E-state index in [0.29, 0.717) is 11.5 Å². The molecule has 0 radical (unpaired) electrons. The third-order valence-electron chi connectivity index (χ3n) is 5.46. The van der Waals surface area contributed by atoms with Gasteiger partial charge in [-0.05, 0) is 43.5 Å². The Balaban J connectivity index is 1.55. The number of anilines is 1. The molecular formula is C21H22FN5O. The Morgan fingerprint density at radius 3 is 2.71 bits per heavy atom. The van der Waals surface area contributed by atoms with Crippen LogP contribution in [0.4, 0.5) is 10.1 Å². The molecule has 1 saturated carbocycles. The molecule has 144 valence electrons. The SMILES string of the molecule is Cc1ccc(NC(=O)C2CCCC2c2ccnn2C)cc1-c1ncc(F)cn1. The van der Waals surface area contributed by atoms with Crippen molar-refractivity contribution in [3.8, 4) is 11.4 Å². The first-order valence-electron chi connectivity index (χ1n) is 9.40. The van der Waals surface area contributed by atoms with E-state index in [1.54, 1.807) is 6.20 Å². The molecule has 2 heterocycles. The quantitative estimate of drug-likeness (QED) is 0.747. The van der Waals surface area contributed by atoms with Crippen molar-refractivity contribution in [1.82, 2.24) is 19.7 Å². The van der Waals surface area contributed by atoms with Gasteiger partial charge in [0.1, 0.15) is 0 Å². The Labute approximate surface area is 162 Å². The van der Waals surface area contributed by atoms with Gasteiger partial charge in [0.15, 0.2) is 11.6 Å². The van der Waals surface area contributed by atoms with E-state index < -0.39 is 5.82 Å². The van der Waals surface area contributed by atoms with Crippen molar-refractivity contribution in [2.45, 2.75) is 32.1 Å². The molecule has 1 aliphatic carbocycles. The maximum absolute atomic E-state index is 13.1. The maximum Gasteiger partial charge on any atom is 0.228 e. The van der Waals surface area contributed by atoms with Crippen molar-refractivity contribution in [1.29, 1.82) is 0 Å². The number of carbonyl (C=O) groups excluding carboxylic acids is 1. The minimum absolute atomic E-state index is 0.0125. The molecule has 28 heavy (non-hydrogen) atoms. The third-order valence-corrected chi connectivity index (χ3v) is 5.46. The number of benzene rings is 1. The summed E-state index contributed by atoms with van der Waals surface area (Å²) in [6.07, 6.45) is 6.93. The number of amides is 1. The number of halogens is 1. The molecule has 2 unspecified atom stereocenters. The van der Waals surface area contributed by atoms with Gasteiger partial charge >= 0.3 is 0 Å². The van der Waals surface area contributed by atoms with Crippen LogP contribution in [0.25, 0.3) is 11.4 Å². The smallest absolute Gasteiger partial charge is 0.228 e. The van der Waals surface area contributed by atoms with Crippen LogP contribution in [0.3, 0.4) is 0 Å². The van der Waals surface area contributed by atoms with Gasteiger partial charge in [-0.25, -0.2) is 14.4 Å². The van der Waals surface area contributed by atoms with E-state index in [9.17, 15) is 9.18 Å². The summed E-state index contributed by atoms with van der Waals surface area (Å²) in [5, 5.41) is 7.29. The molecular weight excluding hydrogens is 357 g/mol. The van der Waals surface area contributed by atoms with Crippen LogP contribution in [0.1, 0.15) is 36.4 Å². The lowest BCUT2D eigenvalue weighted by molar-refractivity contribution is -0.120. The molecule has 3 aromatic rings. The normalized spacial score (nSPS) is 19.0. The molecule has 0 saturated heterocycles. The van der Waals surface area contributed by atoms with Crippen LogP contribution in [0.5, 0.6) is 0 Å². The molecule has 4 rings (SSSR count). The van der Waals surface area contributed by atoms with Gasteiger partial charge in [-0.3, -0.25) is 9.48 Å². The van der Waals surface area contributed by atoms with E-state index in [4.69, 9.17) is 0 Å². The Hall–Kier alpha value is -3.09. The van der Waals surface area contributed by atoms with E-state index in [2.05, 4.69) is 20.4 Å². The highest BCUT2D eigenvalue weighted by Crippen LogP contribution is 2.40. The molecule has 0 bridgehead atoms. The van der Waals surface area contributed by atoms with Gasteiger partial charge in [-0.15, -0.1) is 0 Å². The summed E-state index contributed by atoms with van der Waals surface area (Å²) in [4.78, 5) is 21.1. The highest BCUT2D eigenvalue weighted by atomic mass is 19.1. The van der Waals surface area contributed by atoms with Gasteiger partial charge in [0.25, 0.3) is 0 Å². The van der Waals surface area contributed by atoms with Crippen LogP contribution in [0.15, 0.2) is 42.9 Å². The number of aryl methyl sites for hydroxylation is 2. The first kappa shape index (κ1) is 18.3. The largest absolute Gasteiger partial charge is 0.326 e. The Kier molecular flexibility index (Phi) is 4.90. The van der Waals surface area contributed by atoms with Gasteiger partial charge in [0.2, 0.25) is 5.91 Å². The summed E-state index contributed by atoms with van der Waals surface area (Å²) in [6.45, 7) is 1.93. The summed E-state index contributed by atoms with van der Waals surface area (Å²) < 4.78 is 15.0. The maximum atomic E-state index is 13.1. The minimum Gasteiger partial charge on any atom is -0.326 e. The zero-order valence-corrected chi connectivity index (χ0v) is 15.9. The lowest BCUT2D eigenvalue weighted by Gasteiger charge is -2.20. The van der Waals surface area contributed by atoms with Crippen LogP contribution >= 0.6 is 0 Å². The average molecular weight is 379 g/mol. The van der Waals surface area contributed by atoms with Crippen molar-refractivity contribution in [2.75, 3.05) is 5.32 Å². The molecule has 1 N–H and O–H groups in total. The molecule has 2 aromatic heterocycles. The highest BCUT2D eigenvalue weighted by molar-refractivity contribution is 5.94. The lowest BCUT2D eigenvalue weighted by Crippen LogP contribution is -2.26. The van der Waals surface area contributed by atoms with Crippen molar-refractivity contribution >= 4 is 11.6 Å². The minimum atomic E-state index is -0.478. The summed E-state index contributed by atoms with van der Waals surface area (Å²) in [5.74, 6) is 0.0653. The van der Waals surface area contributed by atoms with Crippen LogP contribution in [-0.2, 0) is 11.8 Å². The fourth-order valence-corrected chi connectivity index (χ4v) is 4.00. The van der Waals surface area contributed by atoms with Crippen LogP contribution < -0.4 is 5.32 Å². The summed E-state index contributed by atoms with van der Waals surface area (Å²) in [7, 11) is 1.91. The molecule has 1 amide bonds. The zero-order valence-electron chi connectivity index (χ0n) is 15.9. The Morgan fingerprint density at radius 1 is 1.21 bits per heavy atom. The Morgan fingerprint density at radius 2 is 2.00 bits per heavy atom. The number of aromatic nitrogens is 4. The van der Waals surface area contributed by atoms with Gasteiger partial charge < -0.3 is 5.32 Å². The van der Waals surface area contributed by atoms with Crippen molar-refractivity contribution in [3.05, 3.63) is 59.9 Å². The fourth-order valence-electron chi connectivity index (χ4n) is 4.00. The number of hydrogen-bond acceptors (Lipinski definition) is 4. The topological polar surface area (TPSA) is 72.7 Å². The summed E-state index contributed by atoms with van der Waals surface area (Å²) in [6, 6.07) is 7.61. The molecule has 1 aliphatic rings. The van der Waals surface area contributed by atoms with Crippen LogP contribution in [-0.4, -0.2) is 25.7 Å². The van der Waals surface area contributed by atoms with Gasteiger partial charge in [0, 0.05) is 42.0 Å². The number of nitrogens with one attached hydrogen (secondary N) is 1. The molecule has 1 fully saturated rings. The van der Waals surface area contributed by atoms with Crippen molar-refractivity contribution in [3.63, 3.8) is 0 Å². The number of carbonyl (C=O) groups is 1. The summed E-state index contributed by atoms with van der Waals surface area (Å²) in [5.41, 5.74) is 3.52. The molecule has 0 aliphatic heterocycles. The van der Waals surface area contributed by atoms with E-state index in [1.165, 1.54) is 0 Å². The Bertz CT molecular complexity index is 998. The fraction of sp³-hybridized carbons (Fsp3) is 0.333. The predicted octanol–water partition coefficient (Wildman–Crippen LogP) is 3.85. The van der Waals surface area contributed by atoms with E-state index in [1.807, 2.05) is 42.9 Å². The van der Waals surface area contributed by atoms with E-state index in [0.717, 1.165) is 48.5 Å². The third kappa shape index (κ3) is 3.52. The second-order valence-corrected chi connectivity index (χ2v) is 7.27. The molecule has 0 spiro atoms. The molecule has 2 atom stereocenters. The van der Waals surface area contributed by atoms with Crippen molar-refractivity contribution in [2.24, 2.45) is 13.0 Å². The predicted molar refractivity (Wildman–Crippen MR) is 104 cm³/mol. The second kappa shape index (κ2) is 7.50. The number of nitrogens with zero attached hydrogens (tertiary/aromatic N) is 4. The van der Waals surface area contributed by atoms with Gasteiger partial charge in [-0.1, -0.05) is 12.5 Å². The lowest BCUT2D eigenvalue weighted by atomic mass is 9.92. The standard InChI is InChI=1S/C21H22FN5O/c1-13-6-7-15(10-18(13)20-23-11-14(22)12-24-20)26-21(28)17-5-3-4-16(17)19-8-9-25-27(19)2/h6-12,16-17H,3-5H2,1-2H3,(H,26,28). The molecule has 6 nitrogen and oxygen atoms in total. The van der Waals surface area contributed by atoms with Crippen LogP contribution in [0.2, 0.25) is 0 Å². The summed E-state index contributed by atoms with van der Waals surface area (Å²) >= 11 is 0. The first-order chi connectivity index (χ1) is 13.5. The highest BCUT2D eigenvalue weighted by Gasteiger charge is 2.35.